The van der Waals surface area contributed by atoms with Crippen LogP contribution in [0.2, 0.25) is 0 Å². The minimum absolute atomic E-state index is 0.00524. The molecule has 3 aromatic rings. The molecule has 1 unspecified atom stereocenters. The van der Waals surface area contributed by atoms with Crippen LogP contribution in [0.5, 0.6) is 0 Å². The number of amides is 1. The van der Waals surface area contributed by atoms with Gasteiger partial charge in [-0.25, -0.2) is 13.6 Å². The summed E-state index contributed by atoms with van der Waals surface area (Å²) in [6.07, 6.45) is 2.87. The summed E-state index contributed by atoms with van der Waals surface area (Å²) in [5.41, 5.74) is 9.84. The van der Waals surface area contributed by atoms with Gasteiger partial charge in [-0.15, -0.1) is 0 Å². The van der Waals surface area contributed by atoms with Crippen molar-refractivity contribution in [1.82, 2.24) is 5.32 Å². The zero-order chi connectivity index (χ0) is 22.9. The monoisotopic (exact) mass is 448 g/mol. The number of anilines is 1. The normalized spacial score (nSPS) is 15.6. The zero-order valence-corrected chi connectivity index (χ0v) is 18.2. The van der Waals surface area contributed by atoms with Crippen LogP contribution in [-0.4, -0.2) is 20.0 Å². The topological polar surface area (TPSA) is 139 Å². The van der Waals surface area contributed by atoms with E-state index in [-0.39, 0.29) is 22.6 Å². The van der Waals surface area contributed by atoms with E-state index in [1.54, 1.807) is 24.3 Å². The van der Waals surface area contributed by atoms with E-state index in [2.05, 4.69) is 11.4 Å². The van der Waals surface area contributed by atoms with Crippen molar-refractivity contribution >= 4 is 27.3 Å². The highest BCUT2D eigenvalue weighted by molar-refractivity contribution is 7.89. The first-order valence-corrected chi connectivity index (χ1v) is 11.8. The van der Waals surface area contributed by atoms with Crippen molar-refractivity contribution in [3.63, 3.8) is 0 Å². The molecule has 1 atom stereocenters. The first-order chi connectivity index (χ1) is 15.2. The molecule has 4 rings (SSSR count). The molecular weight excluding hydrogens is 424 g/mol. The highest BCUT2D eigenvalue weighted by Crippen LogP contribution is 2.30. The molecule has 0 aliphatic heterocycles. The van der Waals surface area contributed by atoms with Crippen LogP contribution in [0.3, 0.4) is 0 Å². The Kier molecular flexibility index (Phi) is 5.82. The van der Waals surface area contributed by atoms with Gasteiger partial charge in [-0.05, 0) is 60.7 Å². The first-order valence-electron chi connectivity index (χ1n) is 10.2. The van der Waals surface area contributed by atoms with Crippen LogP contribution in [0.1, 0.15) is 51.5 Å². The van der Waals surface area contributed by atoms with Crippen LogP contribution < -0.4 is 16.2 Å². The molecule has 164 valence electrons. The summed E-state index contributed by atoms with van der Waals surface area (Å²) in [6.45, 7) is 0. The number of hydrogen-bond acceptors (Lipinski definition) is 5. The Morgan fingerprint density at radius 2 is 1.78 bits per heavy atom. The van der Waals surface area contributed by atoms with Crippen LogP contribution in [-0.2, 0) is 16.4 Å². The SMILES string of the molecule is N=C(c1cccc(S(N)(=O)=O)c1)c1cc(C(=O)NC2CCCc3ccccc32)ccc1N. The number of aryl methyl sites for hydroxylation is 1. The van der Waals surface area contributed by atoms with Crippen molar-refractivity contribution in [1.29, 1.82) is 5.41 Å². The third-order valence-corrected chi connectivity index (χ3v) is 6.62. The molecule has 0 saturated carbocycles. The molecule has 0 saturated heterocycles. The number of primary sulfonamides is 1. The third-order valence-electron chi connectivity index (χ3n) is 5.71. The number of benzene rings is 3. The fourth-order valence-corrected chi connectivity index (χ4v) is 4.60. The summed E-state index contributed by atoms with van der Waals surface area (Å²) in [7, 11) is -3.91. The zero-order valence-electron chi connectivity index (χ0n) is 17.3. The van der Waals surface area contributed by atoms with E-state index in [4.69, 9.17) is 16.3 Å². The van der Waals surface area contributed by atoms with Crippen LogP contribution in [0, 0.1) is 5.41 Å². The van der Waals surface area contributed by atoms with Crippen molar-refractivity contribution < 1.29 is 13.2 Å². The Bertz CT molecular complexity index is 1320. The minimum Gasteiger partial charge on any atom is -0.398 e. The lowest BCUT2D eigenvalue weighted by Crippen LogP contribution is -2.31. The lowest BCUT2D eigenvalue weighted by atomic mass is 9.87. The Hall–Kier alpha value is -3.49. The van der Waals surface area contributed by atoms with Crippen LogP contribution >= 0.6 is 0 Å². The average molecular weight is 449 g/mol. The second kappa shape index (κ2) is 8.57. The van der Waals surface area contributed by atoms with E-state index in [0.717, 1.165) is 24.8 Å². The fraction of sp³-hybridized carbons (Fsp3) is 0.167. The highest BCUT2D eigenvalue weighted by atomic mass is 32.2. The van der Waals surface area contributed by atoms with Gasteiger partial charge in [-0.3, -0.25) is 10.2 Å². The molecule has 0 radical (unpaired) electrons. The number of hydrogen-bond donors (Lipinski definition) is 4. The predicted molar refractivity (Wildman–Crippen MR) is 124 cm³/mol. The molecule has 0 aromatic heterocycles. The Labute approximate surface area is 187 Å². The molecular formula is C24H24N4O3S. The molecule has 32 heavy (non-hydrogen) atoms. The lowest BCUT2D eigenvalue weighted by Gasteiger charge is -2.26. The van der Waals surface area contributed by atoms with Crippen molar-refractivity contribution in [3.05, 3.63) is 94.5 Å². The van der Waals surface area contributed by atoms with Gasteiger partial charge in [-0.1, -0.05) is 36.4 Å². The standard InChI is InChI=1S/C24H24N4O3S/c25-21-12-11-17(24(29)28-22-10-4-6-15-5-1-2-9-19(15)22)14-20(21)23(26)16-7-3-8-18(13-16)32(27,30)31/h1-3,5,7-9,11-14,22,26H,4,6,10,25H2,(H,28,29)(H2,27,30,31). The van der Waals surface area contributed by atoms with Gasteiger partial charge < -0.3 is 11.1 Å². The number of carbonyl (C=O) groups excluding carboxylic acids is 1. The van der Waals surface area contributed by atoms with Gasteiger partial charge in [0.15, 0.2) is 0 Å². The predicted octanol–water partition coefficient (Wildman–Crippen LogP) is 3.14. The average Bonchev–Trinajstić information content (AvgIpc) is 2.78. The van der Waals surface area contributed by atoms with E-state index in [1.807, 2.05) is 18.2 Å². The molecule has 3 aromatic carbocycles. The fourth-order valence-electron chi connectivity index (χ4n) is 4.04. The summed E-state index contributed by atoms with van der Waals surface area (Å²) >= 11 is 0. The largest absolute Gasteiger partial charge is 0.398 e. The molecule has 7 nitrogen and oxygen atoms in total. The Morgan fingerprint density at radius 3 is 2.56 bits per heavy atom. The number of rotatable bonds is 5. The highest BCUT2D eigenvalue weighted by Gasteiger charge is 2.22. The maximum atomic E-state index is 13.0. The molecule has 1 aliphatic rings. The second-order valence-corrected chi connectivity index (χ2v) is 9.43. The number of nitrogens with two attached hydrogens (primary N) is 2. The van der Waals surface area contributed by atoms with Gasteiger partial charge in [-0.2, -0.15) is 0 Å². The molecule has 0 heterocycles. The summed E-state index contributed by atoms with van der Waals surface area (Å²) in [5.74, 6) is -0.251. The maximum Gasteiger partial charge on any atom is 0.251 e. The van der Waals surface area contributed by atoms with Crippen molar-refractivity contribution in [3.8, 4) is 0 Å². The van der Waals surface area contributed by atoms with E-state index >= 15 is 0 Å². The van der Waals surface area contributed by atoms with Gasteiger partial charge in [0.05, 0.1) is 16.6 Å². The van der Waals surface area contributed by atoms with E-state index in [1.165, 1.54) is 23.8 Å². The smallest absolute Gasteiger partial charge is 0.251 e. The summed E-state index contributed by atoms with van der Waals surface area (Å²) in [5, 5.41) is 16.9. The molecule has 0 bridgehead atoms. The number of nitrogens with one attached hydrogen (secondary N) is 2. The summed E-state index contributed by atoms with van der Waals surface area (Å²) in [4.78, 5) is 12.9. The number of sulfonamides is 1. The first kappa shape index (κ1) is 21.7. The molecule has 8 heteroatoms. The molecule has 1 amide bonds. The summed E-state index contributed by atoms with van der Waals surface area (Å²) < 4.78 is 23.3. The molecule has 0 fully saturated rings. The van der Waals surface area contributed by atoms with Crippen LogP contribution in [0.15, 0.2) is 71.6 Å². The maximum absolute atomic E-state index is 13.0. The second-order valence-electron chi connectivity index (χ2n) is 7.87. The third kappa shape index (κ3) is 4.42. The quantitative estimate of drug-likeness (QED) is 0.352. The van der Waals surface area contributed by atoms with E-state index in [0.29, 0.717) is 22.4 Å². The van der Waals surface area contributed by atoms with Gasteiger partial charge in [0.2, 0.25) is 10.0 Å². The van der Waals surface area contributed by atoms with Crippen LogP contribution in [0.25, 0.3) is 0 Å². The molecule has 6 N–H and O–H groups in total. The van der Waals surface area contributed by atoms with Gasteiger partial charge >= 0.3 is 0 Å². The van der Waals surface area contributed by atoms with Crippen molar-refractivity contribution in [2.45, 2.75) is 30.2 Å². The van der Waals surface area contributed by atoms with Crippen LogP contribution in [0.4, 0.5) is 5.69 Å². The van der Waals surface area contributed by atoms with Gasteiger partial charge in [0, 0.05) is 22.4 Å². The molecule has 1 aliphatic carbocycles. The number of carbonyl (C=O) groups is 1. The Morgan fingerprint density at radius 1 is 1.00 bits per heavy atom. The van der Waals surface area contributed by atoms with E-state index < -0.39 is 10.0 Å². The molecule has 0 spiro atoms. The van der Waals surface area contributed by atoms with E-state index in [9.17, 15) is 13.2 Å². The van der Waals surface area contributed by atoms with Gasteiger partial charge in [0.25, 0.3) is 5.91 Å². The van der Waals surface area contributed by atoms with Crippen molar-refractivity contribution in [2.75, 3.05) is 5.73 Å². The summed E-state index contributed by atoms with van der Waals surface area (Å²) in [6, 6.07) is 18.6. The lowest BCUT2D eigenvalue weighted by molar-refractivity contribution is 0.0932. The number of fused-ring (bicyclic) bond motifs is 1. The minimum atomic E-state index is -3.91. The Balaban J connectivity index is 1.61. The number of nitrogen functional groups attached to an aromatic ring is 1. The van der Waals surface area contributed by atoms with Gasteiger partial charge in [0.1, 0.15) is 0 Å². The van der Waals surface area contributed by atoms with Crippen molar-refractivity contribution in [2.24, 2.45) is 5.14 Å².